The van der Waals surface area contributed by atoms with Crippen molar-refractivity contribution in [2.75, 3.05) is 19.0 Å². The third-order valence-corrected chi connectivity index (χ3v) is 12.7. The van der Waals surface area contributed by atoms with E-state index in [1.807, 2.05) is 12.1 Å². The number of aromatic carboxylic acids is 1. The van der Waals surface area contributed by atoms with Crippen molar-refractivity contribution < 1.29 is 14.5 Å². The molecule has 0 unspecified atom stereocenters. The number of fused-ring (bicyclic) bond motifs is 6. The van der Waals surface area contributed by atoms with E-state index in [0.29, 0.717) is 5.56 Å². The third-order valence-electron chi connectivity index (χ3n) is 11.5. The van der Waals surface area contributed by atoms with Gasteiger partial charge in [0.25, 0.3) is 0 Å². The van der Waals surface area contributed by atoms with Gasteiger partial charge in [-0.15, -0.1) is 0 Å². The molecule has 8 rings (SSSR count). The molecule has 0 bridgehead atoms. The van der Waals surface area contributed by atoms with E-state index in [9.17, 15) is 9.90 Å². The molecule has 260 valence electrons. The molecule has 5 heteroatoms. The van der Waals surface area contributed by atoms with Crippen molar-refractivity contribution in [1.29, 1.82) is 0 Å². The summed E-state index contributed by atoms with van der Waals surface area (Å²) < 4.78 is 2.36. The number of benzene rings is 5. The van der Waals surface area contributed by atoms with Gasteiger partial charge in [0.2, 0.25) is 5.69 Å². The van der Waals surface area contributed by atoms with E-state index < -0.39 is 5.97 Å². The molecular weight excluding hydrogens is 657 g/mol. The van der Waals surface area contributed by atoms with Gasteiger partial charge >= 0.3 is 5.97 Å². The van der Waals surface area contributed by atoms with Crippen LogP contribution in [0.25, 0.3) is 21.5 Å². The van der Waals surface area contributed by atoms with E-state index in [0.717, 1.165) is 24.2 Å². The first-order chi connectivity index (χ1) is 25.0. The molecular formula is C47H45N2O2S+. The second-order valence-corrected chi connectivity index (χ2v) is 16.4. The maximum absolute atomic E-state index is 11.6. The minimum Gasteiger partial charge on any atom is -0.478 e. The number of hydrogen-bond donors (Lipinski definition) is 1. The summed E-state index contributed by atoms with van der Waals surface area (Å²) in [5.74, 6) is -0.907. The molecule has 4 nitrogen and oxygen atoms in total. The van der Waals surface area contributed by atoms with Crippen LogP contribution in [0.15, 0.2) is 148 Å². The number of anilines is 1. The predicted molar refractivity (Wildman–Crippen MR) is 219 cm³/mol. The topological polar surface area (TPSA) is 43.5 Å². The third kappa shape index (κ3) is 5.54. The van der Waals surface area contributed by atoms with Gasteiger partial charge in [-0.05, 0) is 114 Å². The van der Waals surface area contributed by atoms with Crippen molar-refractivity contribution >= 4 is 56.4 Å². The van der Waals surface area contributed by atoms with Gasteiger partial charge in [0, 0.05) is 51.4 Å². The van der Waals surface area contributed by atoms with Crippen LogP contribution in [-0.2, 0) is 10.8 Å². The smallest absolute Gasteiger partial charge is 0.335 e. The van der Waals surface area contributed by atoms with Gasteiger partial charge in [0.1, 0.15) is 7.05 Å². The Hall–Kier alpha value is -5.13. The molecule has 0 radical (unpaired) electrons. The van der Waals surface area contributed by atoms with Crippen LogP contribution in [0.1, 0.15) is 68.4 Å². The van der Waals surface area contributed by atoms with Crippen molar-refractivity contribution in [3.63, 3.8) is 0 Å². The molecule has 2 aliphatic heterocycles. The van der Waals surface area contributed by atoms with Gasteiger partial charge in [-0.25, -0.2) is 4.79 Å². The maximum Gasteiger partial charge on any atom is 0.335 e. The van der Waals surface area contributed by atoms with Crippen molar-refractivity contribution in [3.05, 3.63) is 160 Å². The van der Waals surface area contributed by atoms with E-state index >= 15 is 0 Å². The molecule has 0 atom stereocenters. The molecule has 0 aromatic heterocycles. The second kappa shape index (κ2) is 12.8. The first-order valence-electron chi connectivity index (χ1n) is 18.2. The largest absolute Gasteiger partial charge is 0.478 e. The fourth-order valence-corrected chi connectivity index (χ4v) is 9.99. The van der Waals surface area contributed by atoms with E-state index in [1.54, 1.807) is 23.9 Å². The molecule has 1 N–H and O–H groups in total. The van der Waals surface area contributed by atoms with Crippen LogP contribution in [-0.4, -0.2) is 35.5 Å². The predicted octanol–water partition coefficient (Wildman–Crippen LogP) is 11.7. The number of allylic oxidation sites excluding steroid dienone is 7. The summed E-state index contributed by atoms with van der Waals surface area (Å²) in [4.78, 5) is 16.3. The highest BCUT2D eigenvalue weighted by Gasteiger charge is 2.44. The van der Waals surface area contributed by atoms with Gasteiger partial charge in [-0.3, -0.25) is 0 Å². The number of likely N-dealkylation sites (N-methyl/N-ethyl adjacent to an activating group) is 1. The Morgan fingerprint density at radius 1 is 0.769 bits per heavy atom. The lowest BCUT2D eigenvalue weighted by atomic mass is 9.78. The lowest BCUT2D eigenvalue weighted by Crippen LogP contribution is -2.27. The van der Waals surface area contributed by atoms with Crippen LogP contribution in [0.4, 0.5) is 11.4 Å². The SMILES string of the molecule is CN1/C(=C\C=C2/CCCC(/C=C/C3=[N+](C)c4ccc5ccccc5c4C3(C)C)=C2Sc2ccc(C(=O)O)cc2)C(C)(C)c2c1ccc1ccccc21. The van der Waals surface area contributed by atoms with Crippen LogP contribution < -0.4 is 4.90 Å². The average Bonchev–Trinajstić information content (AvgIpc) is 3.47. The van der Waals surface area contributed by atoms with Crippen LogP contribution in [0, 0.1) is 0 Å². The normalized spacial score (nSPS) is 19.5. The van der Waals surface area contributed by atoms with E-state index in [2.05, 4.69) is 148 Å². The summed E-state index contributed by atoms with van der Waals surface area (Å²) in [5.41, 5.74) is 10.4. The average molecular weight is 702 g/mol. The van der Waals surface area contributed by atoms with Crippen molar-refractivity contribution in [2.45, 2.75) is 62.7 Å². The minimum absolute atomic E-state index is 0.169. The van der Waals surface area contributed by atoms with Gasteiger partial charge in [0.05, 0.1) is 11.0 Å². The molecule has 0 amide bonds. The second-order valence-electron chi connectivity index (χ2n) is 15.3. The number of carboxylic acid groups (broad SMARTS) is 1. The van der Waals surface area contributed by atoms with Crippen molar-refractivity contribution in [3.8, 4) is 0 Å². The summed E-state index contributed by atoms with van der Waals surface area (Å²) >= 11 is 1.75. The first kappa shape index (κ1) is 34.0. The summed E-state index contributed by atoms with van der Waals surface area (Å²) in [7, 11) is 4.38. The zero-order chi connectivity index (χ0) is 36.4. The van der Waals surface area contributed by atoms with Gasteiger partial charge in [-0.2, -0.15) is 4.58 Å². The molecule has 0 fully saturated rings. The van der Waals surface area contributed by atoms with Gasteiger partial charge < -0.3 is 10.0 Å². The number of thioether (sulfide) groups is 1. The number of hydrogen-bond acceptors (Lipinski definition) is 3. The molecule has 3 aliphatic rings. The number of rotatable bonds is 6. The Morgan fingerprint density at radius 3 is 2.12 bits per heavy atom. The number of carboxylic acids is 1. The highest BCUT2D eigenvalue weighted by molar-refractivity contribution is 8.03. The van der Waals surface area contributed by atoms with Crippen LogP contribution in [0.2, 0.25) is 0 Å². The molecule has 0 spiro atoms. The zero-order valence-corrected chi connectivity index (χ0v) is 31.6. The summed E-state index contributed by atoms with van der Waals surface area (Å²) in [6.07, 6.45) is 12.4. The lowest BCUT2D eigenvalue weighted by Gasteiger charge is -2.25. The highest BCUT2D eigenvalue weighted by Crippen LogP contribution is 2.51. The van der Waals surface area contributed by atoms with Crippen molar-refractivity contribution in [1.82, 2.24) is 0 Å². The van der Waals surface area contributed by atoms with Crippen molar-refractivity contribution in [2.24, 2.45) is 0 Å². The molecule has 5 aromatic carbocycles. The quantitative estimate of drug-likeness (QED) is 0.179. The Kier molecular flexibility index (Phi) is 8.38. The summed E-state index contributed by atoms with van der Waals surface area (Å²) in [6.45, 7) is 9.37. The zero-order valence-electron chi connectivity index (χ0n) is 30.8. The maximum atomic E-state index is 11.6. The van der Waals surface area contributed by atoms with Gasteiger partial charge in [-0.1, -0.05) is 92.4 Å². The number of carbonyl (C=O) groups is 1. The van der Waals surface area contributed by atoms with Crippen LogP contribution >= 0.6 is 11.8 Å². The molecule has 0 saturated heterocycles. The first-order valence-corrected chi connectivity index (χ1v) is 19.0. The summed E-state index contributed by atoms with van der Waals surface area (Å²) in [6, 6.07) is 33.7. The Labute approximate surface area is 311 Å². The van der Waals surface area contributed by atoms with Gasteiger partial charge in [0.15, 0.2) is 5.71 Å². The number of nitrogens with zero attached hydrogens (tertiary/aromatic N) is 2. The summed E-state index contributed by atoms with van der Waals surface area (Å²) in [5, 5.41) is 14.7. The standard InChI is InChI=1S/C47H44N2O2S/c1-46(2)40(48(5)38-26-20-30-12-7-9-16-36(30)42(38)46)28-22-32-14-11-15-33(44(32)52-35-24-18-34(19-25-35)45(50)51)23-29-41-47(3,4)43-37-17-10-8-13-31(37)21-27-39(43)49(41)6/h7-10,12-13,16-29H,11,14-15H2,1-6H3/p+1. The Balaban J connectivity index is 1.21. The molecule has 52 heavy (non-hydrogen) atoms. The molecule has 0 saturated carbocycles. The van der Waals surface area contributed by atoms with E-state index in [4.69, 9.17) is 0 Å². The fraction of sp³-hybridized carbons (Fsp3) is 0.234. The Bertz CT molecular complexity index is 2460. The highest BCUT2D eigenvalue weighted by atomic mass is 32.2. The molecule has 2 heterocycles. The lowest BCUT2D eigenvalue weighted by molar-refractivity contribution is -0.401. The molecule has 5 aromatic rings. The fourth-order valence-electron chi connectivity index (χ4n) is 8.88. The monoisotopic (exact) mass is 701 g/mol. The minimum atomic E-state index is -0.907. The van der Waals surface area contributed by atoms with E-state index in [1.165, 1.54) is 71.5 Å². The van der Waals surface area contributed by atoms with E-state index in [-0.39, 0.29) is 10.8 Å². The Morgan fingerprint density at radius 2 is 1.42 bits per heavy atom. The molecule has 1 aliphatic carbocycles. The van der Waals surface area contributed by atoms with Crippen LogP contribution in [0.3, 0.4) is 0 Å². The van der Waals surface area contributed by atoms with Crippen LogP contribution in [0.5, 0.6) is 0 Å².